The Hall–Kier alpha value is -1.35. The lowest BCUT2D eigenvalue weighted by molar-refractivity contribution is -0.126. The topological polar surface area (TPSA) is 41.1 Å². The minimum absolute atomic E-state index is 0.110. The molecule has 116 valence electrons. The second-order valence-corrected chi connectivity index (χ2v) is 6.35. The SMILES string of the molecule is CCc1ccc(C(NC(=O)C2CCNCC2)C(C)C)cc1. The van der Waals surface area contributed by atoms with E-state index in [9.17, 15) is 4.79 Å². The maximum Gasteiger partial charge on any atom is 0.223 e. The molecule has 1 atom stereocenters. The largest absolute Gasteiger partial charge is 0.349 e. The molecule has 1 aliphatic rings. The fourth-order valence-electron chi connectivity index (χ4n) is 2.95. The third-order valence-corrected chi connectivity index (χ3v) is 4.42. The molecule has 1 aromatic rings. The van der Waals surface area contributed by atoms with Gasteiger partial charge in [-0.25, -0.2) is 0 Å². The molecule has 2 rings (SSSR count). The number of nitrogens with one attached hydrogen (secondary N) is 2. The van der Waals surface area contributed by atoms with Gasteiger partial charge in [0.25, 0.3) is 0 Å². The Morgan fingerprint density at radius 1 is 1.24 bits per heavy atom. The number of hydrogen-bond acceptors (Lipinski definition) is 2. The van der Waals surface area contributed by atoms with Crippen LogP contribution >= 0.6 is 0 Å². The molecule has 1 aromatic carbocycles. The number of amides is 1. The molecular formula is C18H28N2O. The first-order valence-electron chi connectivity index (χ1n) is 8.21. The van der Waals surface area contributed by atoms with E-state index in [1.807, 2.05) is 0 Å². The number of carbonyl (C=O) groups is 1. The Labute approximate surface area is 128 Å². The minimum atomic E-state index is 0.110. The van der Waals surface area contributed by atoms with Crippen molar-refractivity contribution in [3.8, 4) is 0 Å². The van der Waals surface area contributed by atoms with Gasteiger partial charge in [0, 0.05) is 5.92 Å². The highest BCUT2D eigenvalue weighted by Crippen LogP contribution is 2.24. The second kappa shape index (κ2) is 7.60. The van der Waals surface area contributed by atoms with Gasteiger partial charge in [0.1, 0.15) is 0 Å². The van der Waals surface area contributed by atoms with E-state index in [4.69, 9.17) is 0 Å². The van der Waals surface area contributed by atoms with Crippen molar-refractivity contribution in [3.05, 3.63) is 35.4 Å². The monoisotopic (exact) mass is 288 g/mol. The Morgan fingerprint density at radius 3 is 2.38 bits per heavy atom. The van der Waals surface area contributed by atoms with E-state index in [1.54, 1.807) is 0 Å². The van der Waals surface area contributed by atoms with E-state index in [0.717, 1.165) is 32.4 Å². The minimum Gasteiger partial charge on any atom is -0.349 e. The van der Waals surface area contributed by atoms with Crippen molar-refractivity contribution in [2.45, 2.75) is 46.1 Å². The molecule has 0 bridgehead atoms. The summed E-state index contributed by atoms with van der Waals surface area (Å²) in [5.41, 5.74) is 2.55. The van der Waals surface area contributed by atoms with Crippen LogP contribution in [0.15, 0.2) is 24.3 Å². The van der Waals surface area contributed by atoms with E-state index in [1.165, 1.54) is 11.1 Å². The Kier molecular flexibility index (Phi) is 5.80. The maximum atomic E-state index is 12.5. The molecule has 1 unspecified atom stereocenters. The standard InChI is InChI=1S/C18H28N2O/c1-4-14-5-7-15(8-6-14)17(13(2)3)20-18(21)16-9-11-19-12-10-16/h5-8,13,16-17,19H,4,9-12H2,1-3H3,(H,20,21). The summed E-state index contributed by atoms with van der Waals surface area (Å²) >= 11 is 0. The Bertz CT molecular complexity index is 447. The van der Waals surface area contributed by atoms with Gasteiger partial charge in [-0.1, -0.05) is 45.0 Å². The number of carbonyl (C=O) groups excluding carboxylic acids is 1. The normalized spacial score (nSPS) is 17.7. The van der Waals surface area contributed by atoms with Crippen molar-refractivity contribution in [1.29, 1.82) is 0 Å². The van der Waals surface area contributed by atoms with E-state index in [0.29, 0.717) is 5.92 Å². The Balaban J connectivity index is 2.05. The van der Waals surface area contributed by atoms with Crippen molar-refractivity contribution < 1.29 is 4.79 Å². The molecule has 1 fully saturated rings. The highest BCUT2D eigenvalue weighted by atomic mass is 16.1. The van der Waals surface area contributed by atoms with Crippen LogP contribution in [0.3, 0.4) is 0 Å². The van der Waals surface area contributed by atoms with Crippen LogP contribution in [-0.2, 0) is 11.2 Å². The summed E-state index contributed by atoms with van der Waals surface area (Å²) in [5, 5.41) is 6.58. The van der Waals surface area contributed by atoms with Gasteiger partial charge >= 0.3 is 0 Å². The summed E-state index contributed by atoms with van der Waals surface area (Å²) in [7, 11) is 0. The first-order valence-corrected chi connectivity index (χ1v) is 8.21. The van der Waals surface area contributed by atoms with E-state index < -0.39 is 0 Å². The van der Waals surface area contributed by atoms with Gasteiger partial charge in [-0.05, 0) is 49.4 Å². The summed E-state index contributed by atoms with van der Waals surface area (Å²) in [4.78, 5) is 12.5. The lowest BCUT2D eigenvalue weighted by atomic mass is 9.92. The quantitative estimate of drug-likeness (QED) is 0.874. The molecule has 1 amide bonds. The molecule has 1 saturated heterocycles. The van der Waals surface area contributed by atoms with Crippen LogP contribution in [0.25, 0.3) is 0 Å². The average Bonchev–Trinajstić information content (AvgIpc) is 2.53. The lowest BCUT2D eigenvalue weighted by Crippen LogP contribution is -2.40. The Morgan fingerprint density at radius 2 is 1.86 bits per heavy atom. The zero-order valence-corrected chi connectivity index (χ0v) is 13.5. The molecule has 0 aliphatic carbocycles. The van der Waals surface area contributed by atoms with Gasteiger partial charge in [-0.2, -0.15) is 0 Å². The molecule has 2 N–H and O–H groups in total. The molecule has 0 radical (unpaired) electrons. The number of benzene rings is 1. The van der Waals surface area contributed by atoms with Crippen molar-refractivity contribution in [1.82, 2.24) is 10.6 Å². The van der Waals surface area contributed by atoms with Crippen LogP contribution in [0.2, 0.25) is 0 Å². The highest BCUT2D eigenvalue weighted by Gasteiger charge is 2.25. The molecule has 3 nitrogen and oxygen atoms in total. The molecular weight excluding hydrogens is 260 g/mol. The van der Waals surface area contributed by atoms with E-state index in [2.05, 4.69) is 55.7 Å². The van der Waals surface area contributed by atoms with Crippen LogP contribution in [0, 0.1) is 11.8 Å². The van der Waals surface area contributed by atoms with Crippen molar-refractivity contribution in [2.75, 3.05) is 13.1 Å². The zero-order valence-electron chi connectivity index (χ0n) is 13.5. The van der Waals surface area contributed by atoms with Crippen molar-refractivity contribution >= 4 is 5.91 Å². The summed E-state index contributed by atoms with van der Waals surface area (Å²) < 4.78 is 0. The molecule has 3 heteroatoms. The lowest BCUT2D eigenvalue weighted by Gasteiger charge is -2.28. The van der Waals surface area contributed by atoms with Gasteiger partial charge in [0.15, 0.2) is 0 Å². The summed E-state index contributed by atoms with van der Waals surface area (Å²) in [5.74, 6) is 0.778. The summed E-state index contributed by atoms with van der Waals surface area (Å²) in [6.07, 6.45) is 2.95. The zero-order chi connectivity index (χ0) is 15.2. The van der Waals surface area contributed by atoms with Crippen LogP contribution in [-0.4, -0.2) is 19.0 Å². The van der Waals surface area contributed by atoms with Crippen LogP contribution in [0.1, 0.15) is 50.8 Å². The first-order chi connectivity index (χ1) is 10.1. The van der Waals surface area contributed by atoms with Crippen LogP contribution in [0.5, 0.6) is 0 Å². The molecule has 0 saturated carbocycles. The number of hydrogen-bond donors (Lipinski definition) is 2. The van der Waals surface area contributed by atoms with Crippen LogP contribution < -0.4 is 10.6 Å². The maximum absolute atomic E-state index is 12.5. The van der Waals surface area contributed by atoms with Crippen molar-refractivity contribution in [3.63, 3.8) is 0 Å². The smallest absolute Gasteiger partial charge is 0.223 e. The molecule has 1 aliphatic heterocycles. The summed E-state index contributed by atoms with van der Waals surface area (Å²) in [6, 6.07) is 8.76. The van der Waals surface area contributed by atoms with Gasteiger partial charge in [-0.15, -0.1) is 0 Å². The number of piperidine rings is 1. The fourth-order valence-corrected chi connectivity index (χ4v) is 2.95. The third-order valence-electron chi connectivity index (χ3n) is 4.42. The van der Waals surface area contributed by atoms with Crippen molar-refractivity contribution in [2.24, 2.45) is 11.8 Å². The third kappa shape index (κ3) is 4.31. The molecule has 0 spiro atoms. The first kappa shape index (κ1) is 16.0. The molecule has 21 heavy (non-hydrogen) atoms. The van der Waals surface area contributed by atoms with Gasteiger partial charge in [0.2, 0.25) is 5.91 Å². The van der Waals surface area contributed by atoms with Gasteiger partial charge in [-0.3, -0.25) is 4.79 Å². The average molecular weight is 288 g/mol. The molecule has 1 heterocycles. The number of rotatable bonds is 5. The second-order valence-electron chi connectivity index (χ2n) is 6.35. The highest BCUT2D eigenvalue weighted by molar-refractivity contribution is 5.79. The molecule has 0 aromatic heterocycles. The summed E-state index contributed by atoms with van der Waals surface area (Å²) in [6.45, 7) is 8.40. The number of aryl methyl sites for hydroxylation is 1. The van der Waals surface area contributed by atoms with Gasteiger partial charge in [0.05, 0.1) is 6.04 Å². The van der Waals surface area contributed by atoms with E-state index >= 15 is 0 Å². The van der Waals surface area contributed by atoms with Gasteiger partial charge < -0.3 is 10.6 Å². The fraction of sp³-hybridized carbons (Fsp3) is 0.611. The van der Waals surface area contributed by atoms with Crippen LogP contribution in [0.4, 0.5) is 0 Å². The predicted molar refractivity (Wildman–Crippen MR) is 87.1 cm³/mol. The predicted octanol–water partition coefficient (Wildman–Crippen LogP) is 3.06. The van der Waals surface area contributed by atoms with E-state index in [-0.39, 0.29) is 17.9 Å².